The van der Waals surface area contributed by atoms with E-state index in [9.17, 15) is 9.90 Å². The summed E-state index contributed by atoms with van der Waals surface area (Å²) in [5, 5.41) is 9.37. The molecule has 0 spiro atoms. The number of aliphatic carboxylic acids is 1. The topological polar surface area (TPSA) is 55.8 Å². The van der Waals surface area contributed by atoms with E-state index in [0.717, 1.165) is 43.2 Å². The van der Waals surface area contributed by atoms with Gasteiger partial charge >= 0.3 is 5.97 Å². The van der Waals surface area contributed by atoms with Crippen molar-refractivity contribution in [3.8, 4) is 22.6 Å². The number of rotatable bonds is 10. The van der Waals surface area contributed by atoms with Gasteiger partial charge in [0.05, 0.1) is 13.5 Å². The van der Waals surface area contributed by atoms with Crippen molar-refractivity contribution in [3.63, 3.8) is 0 Å². The van der Waals surface area contributed by atoms with Crippen LogP contribution in [0.3, 0.4) is 0 Å². The summed E-state index contributed by atoms with van der Waals surface area (Å²) >= 11 is 0. The Kier molecular flexibility index (Phi) is 7.66. The molecule has 2 saturated carbocycles. The van der Waals surface area contributed by atoms with Crippen molar-refractivity contribution in [2.75, 3.05) is 7.11 Å². The number of hydrogen-bond donors (Lipinski definition) is 1. The monoisotopic (exact) mass is 534 g/mol. The van der Waals surface area contributed by atoms with Crippen LogP contribution in [0.2, 0.25) is 0 Å². The molecule has 0 saturated heterocycles. The lowest BCUT2D eigenvalue weighted by Crippen LogP contribution is -2.17. The van der Waals surface area contributed by atoms with Gasteiger partial charge in [-0.05, 0) is 108 Å². The lowest BCUT2D eigenvalue weighted by molar-refractivity contribution is -0.137. The maximum absolute atomic E-state index is 15.6. The summed E-state index contributed by atoms with van der Waals surface area (Å²) in [4.78, 5) is 11.4. The largest absolute Gasteiger partial charge is 0.497 e. The van der Waals surface area contributed by atoms with Gasteiger partial charge in [0.2, 0.25) is 0 Å². The number of benzene rings is 3. The molecule has 206 valence electrons. The Morgan fingerprint density at radius 1 is 1.00 bits per heavy atom. The van der Waals surface area contributed by atoms with E-state index in [2.05, 4.69) is 13.8 Å². The highest BCUT2D eigenvalue weighted by Gasteiger charge is 2.38. The Bertz CT molecular complexity index is 1360. The summed E-state index contributed by atoms with van der Waals surface area (Å²) in [7, 11) is 1.53. The molecule has 0 bridgehead atoms. The smallest absolute Gasteiger partial charge is 0.303 e. The normalized spacial score (nSPS) is 19.1. The third-order valence-electron chi connectivity index (χ3n) is 8.58. The molecule has 2 atom stereocenters. The molecule has 2 aliphatic carbocycles. The molecule has 4 nitrogen and oxygen atoms in total. The first-order valence-electron chi connectivity index (χ1n) is 13.8. The van der Waals surface area contributed by atoms with Gasteiger partial charge in [0.15, 0.2) is 0 Å². The minimum atomic E-state index is -0.810. The fraction of sp³-hybridized carbons (Fsp3) is 0.424. The van der Waals surface area contributed by atoms with E-state index in [1.807, 2.05) is 30.3 Å². The second-order valence-electron chi connectivity index (χ2n) is 11.7. The highest BCUT2D eigenvalue weighted by molar-refractivity contribution is 5.71. The van der Waals surface area contributed by atoms with Crippen LogP contribution in [0.5, 0.6) is 11.5 Å². The van der Waals surface area contributed by atoms with Crippen LogP contribution in [0.4, 0.5) is 8.78 Å². The fourth-order valence-corrected chi connectivity index (χ4v) is 6.25. The van der Waals surface area contributed by atoms with E-state index in [0.29, 0.717) is 34.1 Å². The molecule has 0 aliphatic heterocycles. The molecule has 39 heavy (non-hydrogen) atoms. The van der Waals surface area contributed by atoms with Crippen molar-refractivity contribution < 1.29 is 28.2 Å². The fourth-order valence-electron chi connectivity index (χ4n) is 6.25. The molecule has 0 radical (unpaired) electrons. The molecule has 2 fully saturated rings. The van der Waals surface area contributed by atoms with Gasteiger partial charge in [-0.1, -0.05) is 32.4 Å². The first-order valence-corrected chi connectivity index (χ1v) is 13.8. The van der Waals surface area contributed by atoms with E-state index in [-0.39, 0.29) is 30.3 Å². The average molecular weight is 535 g/mol. The van der Waals surface area contributed by atoms with Gasteiger partial charge in [0, 0.05) is 11.1 Å². The molecular weight excluding hydrogens is 498 g/mol. The van der Waals surface area contributed by atoms with Crippen LogP contribution < -0.4 is 9.47 Å². The number of halogens is 2. The van der Waals surface area contributed by atoms with Gasteiger partial charge in [-0.15, -0.1) is 0 Å². The molecule has 0 unspecified atom stereocenters. The first-order chi connectivity index (χ1) is 18.7. The molecule has 5 rings (SSSR count). The minimum Gasteiger partial charge on any atom is -0.497 e. The zero-order chi connectivity index (χ0) is 27.7. The van der Waals surface area contributed by atoms with Crippen molar-refractivity contribution >= 4 is 5.97 Å². The van der Waals surface area contributed by atoms with E-state index >= 15 is 8.78 Å². The maximum atomic E-state index is 15.6. The highest BCUT2D eigenvalue weighted by Crippen LogP contribution is 2.52. The molecule has 6 heteroatoms. The molecule has 3 aromatic rings. The summed E-state index contributed by atoms with van der Waals surface area (Å²) in [5.41, 5.74) is 3.15. The molecular formula is C33H36F2O4. The quantitative estimate of drug-likeness (QED) is 0.283. The van der Waals surface area contributed by atoms with Crippen molar-refractivity contribution in [3.05, 3.63) is 82.9 Å². The number of hydrogen-bond acceptors (Lipinski definition) is 3. The minimum absolute atomic E-state index is 0.00363. The van der Waals surface area contributed by atoms with Crippen LogP contribution in [-0.2, 0) is 11.4 Å². The van der Waals surface area contributed by atoms with Crippen LogP contribution >= 0.6 is 0 Å². The van der Waals surface area contributed by atoms with Gasteiger partial charge in [0.25, 0.3) is 0 Å². The third kappa shape index (κ3) is 5.95. The van der Waals surface area contributed by atoms with Gasteiger partial charge < -0.3 is 14.6 Å². The number of methoxy groups -OCH3 is 1. The molecule has 3 aromatic carbocycles. The van der Waals surface area contributed by atoms with Crippen molar-refractivity contribution in [2.24, 2.45) is 11.3 Å². The summed E-state index contributed by atoms with van der Waals surface area (Å²) in [6.07, 6.45) is 5.22. The Hall–Kier alpha value is -3.41. The second-order valence-corrected chi connectivity index (χ2v) is 11.7. The van der Waals surface area contributed by atoms with Crippen LogP contribution in [-0.4, -0.2) is 18.2 Å². The van der Waals surface area contributed by atoms with Gasteiger partial charge in [-0.2, -0.15) is 0 Å². The predicted molar refractivity (Wildman–Crippen MR) is 147 cm³/mol. The lowest BCUT2D eigenvalue weighted by Gasteiger charge is -2.30. The molecule has 0 heterocycles. The first kappa shape index (κ1) is 27.2. The molecule has 0 amide bonds. The zero-order valence-corrected chi connectivity index (χ0v) is 22.8. The molecule has 2 aliphatic rings. The van der Waals surface area contributed by atoms with Crippen molar-refractivity contribution in [1.29, 1.82) is 0 Å². The van der Waals surface area contributed by atoms with Crippen LogP contribution in [0, 0.1) is 23.0 Å². The van der Waals surface area contributed by atoms with Crippen LogP contribution in [0.1, 0.15) is 80.9 Å². The Labute approximate surface area is 229 Å². The average Bonchev–Trinajstić information content (AvgIpc) is 3.69. The van der Waals surface area contributed by atoms with E-state index in [1.54, 1.807) is 12.1 Å². The van der Waals surface area contributed by atoms with Crippen LogP contribution in [0.25, 0.3) is 11.1 Å². The summed E-state index contributed by atoms with van der Waals surface area (Å²) < 4.78 is 42.0. The van der Waals surface area contributed by atoms with Crippen LogP contribution in [0.15, 0.2) is 54.6 Å². The maximum Gasteiger partial charge on any atom is 0.303 e. The van der Waals surface area contributed by atoms with E-state index in [4.69, 9.17) is 9.47 Å². The zero-order valence-electron chi connectivity index (χ0n) is 22.8. The molecule has 1 N–H and O–H groups in total. The predicted octanol–water partition coefficient (Wildman–Crippen LogP) is 8.48. The Morgan fingerprint density at radius 2 is 1.79 bits per heavy atom. The SMILES string of the molecule is COc1ccc(F)c(-c2cc(F)c(COc3cccc([C@H](CC(=O)O)C4CC4)c3)cc2[C@@H]2CCCC2(C)C)c1. The van der Waals surface area contributed by atoms with Gasteiger partial charge in [-0.25, -0.2) is 8.78 Å². The van der Waals surface area contributed by atoms with E-state index in [1.165, 1.54) is 19.2 Å². The van der Waals surface area contributed by atoms with Gasteiger partial charge in [0.1, 0.15) is 29.7 Å². The Morgan fingerprint density at radius 3 is 2.46 bits per heavy atom. The number of carbonyl (C=O) groups is 1. The summed E-state index contributed by atoms with van der Waals surface area (Å²) in [6, 6.07) is 15.3. The van der Waals surface area contributed by atoms with Crippen molar-refractivity contribution in [1.82, 2.24) is 0 Å². The summed E-state index contributed by atoms with van der Waals surface area (Å²) in [5.74, 6) is -0.0981. The second kappa shape index (κ2) is 11.0. The number of ether oxygens (including phenoxy) is 2. The summed E-state index contributed by atoms with van der Waals surface area (Å²) in [6.45, 7) is 4.45. The van der Waals surface area contributed by atoms with E-state index < -0.39 is 17.6 Å². The van der Waals surface area contributed by atoms with Gasteiger partial charge in [-0.3, -0.25) is 4.79 Å². The Balaban J connectivity index is 1.47. The standard InChI is InChI=1S/C33H36F2O4/c1-33(2)13-5-8-29(33)27-15-22(31(35)17-26(27)28-16-23(38-3)11-12-30(28)34)19-39-24-7-4-6-21(14-24)25(18-32(36)37)20-9-10-20/h4,6-7,11-12,14-17,20,25,29H,5,8-10,13,18-19H2,1-3H3,(H,36,37)/t25-,29+/m1/s1. The lowest BCUT2D eigenvalue weighted by atomic mass is 9.75. The van der Waals surface area contributed by atoms with Crippen molar-refractivity contribution in [2.45, 2.75) is 70.8 Å². The third-order valence-corrected chi connectivity index (χ3v) is 8.58. The molecule has 0 aromatic heterocycles. The number of carboxylic acids is 1. The highest BCUT2D eigenvalue weighted by atomic mass is 19.1. The number of carboxylic acid groups (broad SMARTS) is 1.